The summed E-state index contributed by atoms with van der Waals surface area (Å²) in [5.41, 5.74) is 3.53. The van der Waals surface area contributed by atoms with Crippen molar-refractivity contribution in [3.8, 4) is 27.8 Å². The molecule has 4 aromatic rings. The largest absolute Gasteiger partial charge is 0.497 e. The average Bonchev–Trinajstić information content (AvgIpc) is 3.39. The van der Waals surface area contributed by atoms with Crippen LogP contribution in [0.3, 0.4) is 0 Å². The van der Waals surface area contributed by atoms with Crippen molar-refractivity contribution in [1.82, 2.24) is 10.3 Å². The highest BCUT2D eigenvalue weighted by Gasteiger charge is 2.12. The Bertz CT molecular complexity index is 1220. The number of ether oxygens (including phenoxy) is 3. The Kier molecular flexibility index (Phi) is 7.78. The van der Waals surface area contributed by atoms with Gasteiger partial charge in [0.1, 0.15) is 34.6 Å². The first-order valence-corrected chi connectivity index (χ1v) is 11.8. The molecular formula is C27H26N2O4S. The molecular weight excluding hydrogens is 448 g/mol. The van der Waals surface area contributed by atoms with Gasteiger partial charge in [-0.1, -0.05) is 24.3 Å². The van der Waals surface area contributed by atoms with Gasteiger partial charge in [0.05, 0.1) is 14.2 Å². The number of methoxy groups -OCH3 is 2. The van der Waals surface area contributed by atoms with Gasteiger partial charge in [-0.05, 0) is 66.1 Å². The maximum atomic E-state index is 12.5. The van der Waals surface area contributed by atoms with Crippen LogP contribution in [0.25, 0.3) is 10.6 Å². The molecule has 1 amide bonds. The molecule has 0 saturated heterocycles. The van der Waals surface area contributed by atoms with E-state index < -0.39 is 0 Å². The van der Waals surface area contributed by atoms with E-state index in [-0.39, 0.29) is 5.91 Å². The molecule has 0 aliphatic carbocycles. The van der Waals surface area contributed by atoms with Gasteiger partial charge in [0.15, 0.2) is 0 Å². The van der Waals surface area contributed by atoms with Crippen LogP contribution < -0.4 is 19.5 Å². The van der Waals surface area contributed by atoms with Crippen molar-refractivity contribution in [2.45, 2.75) is 13.0 Å². The minimum Gasteiger partial charge on any atom is -0.497 e. The molecule has 34 heavy (non-hydrogen) atoms. The smallest absolute Gasteiger partial charge is 0.270 e. The van der Waals surface area contributed by atoms with Crippen LogP contribution in [-0.4, -0.2) is 31.7 Å². The molecule has 1 heterocycles. The van der Waals surface area contributed by atoms with Gasteiger partial charge in [-0.25, -0.2) is 4.98 Å². The van der Waals surface area contributed by atoms with Crippen molar-refractivity contribution in [3.63, 3.8) is 0 Å². The normalized spacial score (nSPS) is 10.5. The molecule has 0 aliphatic rings. The standard InChI is InChI=1S/C27H26N2O4S/c1-31-22-10-6-19(7-11-22)14-15-28-26(30)25-18-34-27(29-25)21-8-12-23(13-9-21)33-17-20-4-3-5-24(16-20)32-2/h3-13,16,18H,14-15,17H2,1-2H3,(H,28,30). The molecule has 0 unspecified atom stereocenters. The van der Waals surface area contributed by atoms with E-state index in [0.29, 0.717) is 18.8 Å². The van der Waals surface area contributed by atoms with Crippen molar-refractivity contribution in [1.29, 1.82) is 0 Å². The van der Waals surface area contributed by atoms with Crippen molar-refractivity contribution >= 4 is 17.2 Å². The second kappa shape index (κ2) is 11.3. The maximum absolute atomic E-state index is 12.5. The molecule has 0 bridgehead atoms. The molecule has 1 aromatic heterocycles. The van der Waals surface area contributed by atoms with Crippen LogP contribution in [0.15, 0.2) is 78.2 Å². The van der Waals surface area contributed by atoms with Gasteiger partial charge in [-0.2, -0.15) is 0 Å². The van der Waals surface area contributed by atoms with E-state index >= 15 is 0 Å². The van der Waals surface area contributed by atoms with Gasteiger partial charge in [0.2, 0.25) is 0 Å². The zero-order valence-corrected chi connectivity index (χ0v) is 19.9. The second-order valence-electron chi connectivity index (χ2n) is 7.56. The predicted octanol–water partition coefficient (Wildman–Crippen LogP) is 5.38. The number of rotatable bonds is 10. The summed E-state index contributed by atoms with van der Waals surface area (Å²) in [6, 6.07) is 23.3. The summed E-state index contributed by atoms with van der Waals surface area (Å²) >= 11 is 1.44. The van der Waals surface area contributed by atoms with Crippen LogP contribution in [0.4, 0.5) is 0 Å². The lowest BCUT2D eigenvalue weighted by Gasteiger charge is -2.08. The average molecular weight is 475 g/mol. The molecule has 0 spiro atoms. The van der Waals surface area contributed by atoms with E-state index in [1.54, 1.807) is 19.6 Å². The van der Waals surface area contributed by atoms with E-state index in [2.05, 4.69) is 10.3 Å². The topological polar surface area (TPSA) is 69.7 Å². The van der Waals surface area contributed by atoms with E-state index in [1.807, 2.05) is 72.8 Å². The molecule has 174 valence electrons. The molecule has 0 saturated carbocycles. The summed E-state index contributed by atoms with van der Waals surface area (Å²) in [5, 5.41) is 5.51. The van der Waals surface area contributed by atoms with Gasteiger partial charge in [0, 0.05) is 17.5 Å². The molecule has 3 aromatic carbocycles. The zero-order valence-electron chi connectivity index (χ0n) is 19.1. The Morgan fingerprint density at radius 1 is 0.882 bits per heavy atom. The number of aromatic nitrogens is 1. The van der Waals surface area contributed by atoms with Crippen LogP contribution in [0.5, 0.6) is 17.2 Å². The molecule has 0 aliphatic heterocycles. The summed E-state index contributed by atoms with van der Waals surface area (Å²) in [4.78, 5) is 17.0. The number of hydrogen-bond acceptors (Lipinski definition) is 6. The fraction of sp³-hybridized carbons (Fsp3) is 0.185. The lowest BCUT2D eigenvalue weighted by Crippen LogP contribution is -2.25. The van der Waals surface area contributed by atoms with Gasteiger partial charge in [-0.3, -0.25) is 4.79 Å². The first-order chi connectivity index (χ1) is 16.6. The summed E-state index contributed by atoms with van der Waals surface area (Å²) < 4.78 is 16.3. The highest BCUT2D eigenvalue weighted by Crippen LogP contribution is 2.26. The summed E-state index contributed by atoms with van der Waals surface area (Å²) in [6.45, 7) is 0.992. The van der Waals surface area contributed by atoms with Gasteiger partial charge in [0.25, 0.3) is 5.91 Å². The van der Waals surface area contributed by atoms with Crippen molar-refractivity contribution in [3.05, 3.63) is 95.0 Å². The van der Waals surface area contributed by atoms with Crippen LogP contribution in [-0.2, 0) is 13.0 Å². The third kappa shape index (κ3) is 6.14. The minimum absolute atomic E-state index is 0.172. The quantitative estimate of drug-likeness (QED) is 0.334. The third-order valence-electron chi connectivity index (χ3n) is 5.24. The third-order valence-corrected chi connectivity index (χ3v) is 6.13. The highest BCUT2D eigenvalue weighted by molar-refractivity contribution is 7.13. The van der Waals surface area contributed by atoms with Crippen molar-refractivity contribution in [2.24, 2.45) is 0 Å². The highest BCUT2D eigenvalue weighted by atomic mass is 32.1. The van der Waals surface area contributed by atoms with Crippen LogP contribution in [0, 0.1) is 0 Å². The van der Waals surface area contributed by atoms with Crippen LogP contribution >= 0.6 is 11.3 Å². The fourth-order valence-electron chi connectivity index (χ4n) is 3.34. The summed E-state index contributed by atoms with van der Waals surface area (Å²) in [5.74, 6) is 2.22. The lowest BCUT2D eigenvalue weighted by molar-refractivity contribution is 0.0950. The molecule has 0 atom stereocenters. The zero-order chi connectivity index (χ0) is 23.8. The number of carbonyl (C=O) groups excluding carboxylic acids is 1. The fourth-order valence-corrected chi connectivity index (χ4v) is 4.14. The summed E-state index contributed by atoms with van der Waals surface area (Å²) in [7, 11) is 3.29. The second-order valence-corrected chi connectivity index (χ2v) is 8.41. The van der Waals surface area contributed by atoms with E-state index in [0.717, 1.165) is 45.4 Å². The molecule has 6 nitrogen and oxygen atoms in total. The lowest BCUT2D eigenvalue weighted by atomic mass is 10.1. The van der Waals surface area contributed by atoms with Gasteiger partial charge < -0.3 is 19.5 Å². The number of benzene rings is 3. The predicted molar refractivity (Wildman–Crippen MR) is 134 cm³/mol. The number of nitrogens with one attached hydrogen (secondary N) is 1. The molecule has 0 fully saturated rings. The Balaban J connectivity index is 1.28. The van der Waals surface area contributed by atoms with Crippen molar-refractivity contribution < 1.29 is 19.0 Å². The van der Waals surface area contributed by atoms with E-state index in [9.17, 15) is 4.79 Å². The summed E-state index contributed by atoms with van der Waals surface area (Å²) in [6.07, 6.45) is 0.740. The Morgan fingerprint density at radius 3 is 2.35 bits per heavy atom. The number of thiazole rings is 1. The monoisotopic (exact) mass is 474 g/mol. The minimum atomic E-state index is -0.172. The van der Waals surface area contributed by atoms with Gasteiger partial charge in [-0.15, -0.1) is 11.3 Å². The Labute approximate surface area is 203 Å². The van der Waals surface area contributed by atoms with Crippen molar-refractivity contribution in [2.75, 3.05) is 20.8 Å². The molecule has 4 rings (SSSR count). The number of amides is 1. The molecule has 1 N–H and O–H groups in total. The number of carbonyl (C=O) groups is 1. The van der Waals surface area contributed by atoms with Crippen LogP contribution in [0.1, 0.15) is 21.6 Å². The maximum Gasteiger partial charge on any atom is 0.270 e. The number of hydrogen-bond donors (Lipinski definition) is 1. The SMILES string of the molecule is COc1ccc(CCNC(=O)c2csc(-c3ccc(OCc4cccc(OC)c4)cc3)n2)cc1. The van der Waals surface area contributed by atoms with E-state index in [1.165, 1.54) is 11.3 Å². The first kappa shape index (κ1) is 23.3. The van der Waals surface area contributed by atoms with Gasteiger partial charge >= 0.3 is 0 Å². The molecule has 0 radical (unpaired) electrons. The Morgan fingerprint density at radius 2 is 1.62 bits per heavy atom. The number of nitrogens with zero attached hydrogens (tertiary/aromatic N) is 1. The molecule has 7 heteroatoms. The Hall–Kier alpha value is -3.84. The van der Waals surface area contributed by atoms with Crippen LogP contribution in [0.2, 0.25) is 0 Å². The van der Waals surface area contributed by atoms with E-state index in [4.69, 9.17) is 14.2 Å². The first-order valence-electron chi connectivity index (χ1n) is 10.9.